The predicted octanol–water partition coefficient (Wildman–Crippen LogP) is 3.51. The first-order valence-electron chi connectivity index (χ1n) is 5.37. The summed E-state index contributed by atoms with van der Waals surface area (Å²) in [5.41, 5.74) is 0.522. The monoisotopic (exact) mass is 246 g/mol. The molecule has 1 aliphatic rings. The molecule has 1 aliphatic carbocycles. The fourth-order valence-electron chi connectivity index (χ4n) is 2.31. The molecule has 2 aromatic rings. The number of aromatic carboxylic acids is 1. The SMILES string of the molecule is O=C(O)c1ccc2c(c1)-c1ccccc1C2(F)F. The van der Waals surface area contributed by atoms with Crippen molar-refractivity contribution in [2.24, 2.45) is 0 Å². The van der Waals surface area contributed by atoms with Gasteiger partial charge in [-0.3, -0.25) is 0 Å². The number of halogens is 2. The molecule has 18 heavy (non-hydrogen) atoms. The highest BCUT2D eigenvalue weighted by Crippen LogP contribution is 2.50. The van der Waals surface area contributed by atoms with Crippen molar-refractivity contribution in [2.75, 3.05) is 0 Å². The molecule has 0 fully saturated rings. The fourth-order valence-corrected chi connectivity index (χ4v) is 2.31. The third-order valence-corrected chi connectivity index (χ3v) is 3.16. The van der Waals surface area contributed by atoms with Gasteiger partial charge in [-0.2, -0.15) is 8.78 Å². The summed E-state index contributed by atoms with van der Waals surface area (Å²) >= 11 is 0. The minimum atomic E-state index is -3.05. The van der Waals surface area contributed by atoms with Gasteiger partial charge < -0.3 is 5.11 Å². The number of hydrogen-bond donors (Lipinski definition) is 1. The van der Waals surface area contributed by atoms with E-state index in [1.54, 1.807) is 18.2 Å². The van der Waals surface area contributed by atoms with Crippen molar-refractivity contribution in [3.8, 4) is 11.1 Å². The lowest BCUT2D eigenvalue weighted by atomic mass is 10.0. The van der Waals surface area contributed by atoms with Gasteiger partial charge in [-0.15, -0.1) is 0 Å². The maximum atomic E-state index is 14.1. The summed E-state index contributed by atoms with van der Waals surface area (Å²) < 4.78 is 28.2. The summed E-state index contributed by atoms with van der Waals surface area (Å²) in [5.74, 6) is -4.17. The molecule has 2 nitrogen and oxygen atoms in total. The van der Waals surface area contributed by atoms with Crippen LogP contribution in [0.4, 0.5) is 8.78 Å². The molecule has 0 aliphatic heterocycles. The Morgan fingerprint density at radius 3 is 2.39 bits per heavy atom. The lowest BCUT2D eigenvalue weighted by molar-refractivity contribution is 0.0478. The van der Waals surface area contributed by atoms with Gasteiger partial charge in [0.15, 0.2) is 0 Å². The molecule has 0 bridgehead atoms. The van der Waals surface area contributed by atoms with E-state index in [0.29, 0.717) is 11.1 Å². The summed E-state index contributed by atoms with van der Waals surface area (Å²) in [6, 6.07) is 9.88. The topological polar surface area (TPSA) is 37.3 Å². The zero-order valence-corrected chi connectivity index (χ0v) is 9.15. The zero-order valence-electron chi connectivity index (χ0n) is 9.15. The van der Waals surface area contributed by atoms with Crippen LogP contribution in [0.15, 0.2) is 42.5 Å². The molecule has 0 heterocycles. The van der Waals surface area contributed by atoms with Crippen LogP contribution in [0.25, 0.3) is 11.1 Å². The highest BCUT2D eigenvalue weighted by atomic mass is 19.3. The van der Waals surface area contributed by atoms with Gasteiger partial charge in [-0.05, 0) is 23.3 Å². The first-order chi connectivity index (χ1) is 8.51. The van der Waals surface area contributed by atoms with E-state index >= 15 is 0 Å². The van der Waals surface area contributed by atoms with E-state index in [4.69, 9.17) is 5.11 Å². The third-order valence-electron chi connectivity index (χ3n) is 3.16. The van der Waals surface area contributed by atoms with Crippen LogP contribution in [-0.4, -0.2) is 11.1 Å². The Bertz CT molecular complexity index is 663. The van der Waals surface area contributed by atoms with Crippen molar-refractivity contribution in [2.45, 2.75) is 5.92 Å². The average molecular weight is 246 g/mol. The number of carbonyl (C=O) groups is 1. The van der Waals surface area contributed by atoms with Gasteiger partial charge in [0, 0.05) is 11.1 Å². The van der Waals surface area contributed by atoms with Crippen LogP contribution in [-0.2, 0) is 5.92 Å². The number of benzene rings is 2. The van der Waals surface area contributed by atoms with Crippen molar-refractivity contribution >= 4 is 5.97 Å². The standard InChI is InChI=1S/C14H8F2O2/c15-14(16)11-4-2-1-3-9(11)10-7-8(13(17)18)5-6-12(10)14/h1-7H,(H,17,18). The molecule has 2 aromatic carbocycles. The largest absolute Gasteiger partial charge is 0.478 e. The Morgan fingerprint density at radius 2 is 1.67 bits per heavy atom. The van der Waals surface area contributed by atoms with Crippen LogP contribution in [0, 0.1) is 0 Å². The van der Waals surface area contributed by atoms with Gasteiger partial charge in [0.05, 0.1) is 5.56 Å². The van der Waals surface area contributed by atoms with Gasteiger partial charge in [0.25, 0.3) is 5.92 Å². The Balaban J connectivity index is 2.33. The number of carboxylic acid groups (broad SMARTS) is 1. The maximum Gasteiger partial charge on any atom is 0.335 e. The Kier molecular flexibility index (Phi) is 2.05. The molecule has 4 heteroatoms. The van der Waals surface area contributed by atoms with E-state index < -0.39 is 11.9 Å². The average Bonchev–Trinajstić information content (AvgIpc) is 2.59. The number of fused-ring (bicyclic) bond motifs is 3. The molecule has 0 radical (unpaired) electrons. The highest BCUT2D eigenvalue weighted by molar-refractivity contribution is 5.91. The Morgan fingerprint density at radius 1 is 1.00 bits per heavy atom. The second-order valence-electron chi connectivity index (χ2n) is 4.19. The van der Waals surface area contributed by atoms with Gasteiger partial charge >= 0.3 is 5.97 Å². The number of carboxylic acids is 1. The molecule has 0 amide bonds. The van der Waals surface area contributed by atoms with E-state index in [1.165, 1.54) is 24.3 Å². The molecule has 0 aromatic heterocycles. The van der Waals surface area contributed by atoms with Crippen LogP contribution in [0.2, 0.25) is 0 Å². The highest BCUT2D eigenvalue weighted by Gasteiger charge is 2.44. The molecular weight excluding hydrogens is 238 g/mol. The number of rotatable bonds is 1. The fraction of sp³-hybridized carbons (Fsp3) is 0.0714. The van der Waals surface area contributed by atoms with Gasteiger partial charge in [0.2, 0.25) is 0 Å². The maximum absolute atomic E-state index is 14.1. The zero-order chi connectivity index (χ0) is 12.9. The predicted molar refractivity (Wildman–Crippen MR) is 61.8 cm³/mol. The van der Waals surface area contributed by atoms with Crippen LogP contribution >= 0.6 is 0 Å². The first-order valence-corrected chi connectivity index (χ1v) is 5.37. The lowest BCUT2D eigenvalue weighted by Crippen LogP contribution is -2.10. The summed E-state index contributed by atoms with van der Waals surface area (Å²) in [4.78, 5) is 10.9. The lowest BCUT2D eigenvalue weighted by Gasteiger charge is -2.11. The van der Waals surface area contributed by atoms with Crippen molar-refractivity contribution in [1.82, 2.24) is 0 Å². The number of hydrogen-bond acceptors (Lipinski definition) is 1. The van der Waals surface area contributed by atoms with E-state index in [1.807, 2.05) is 0 Å². The molecule has 0 saturated heterocycles. The van der Waals surface area contributed by atoms with Crippen LogP contribution in [0.1, 0.15) is 21.5 Å². The van der Waals surface area contributed by atoms with E-state index in [2.05, 4.69) is 0 Å². The molecule has 3 rings (SSSR count). The number of alkyl halides is 2. The molecule has 1 N–H and O–H groups in total. The van der Waals surface area contributed by atoms with Gasteiger partial charge in [-0.25, -0.2) is 4.79 Å². The second kappa shape index (κ2) is 3.38. The Labute approximate surface area is 101 Å². The minimum Gasteiger partial charge on any atom is -0.478 e. The first kappa shape index (κ1) is 10.9. The smallest absolute Gasteiger partial charge is 0.335 e. The van der Waals surface area contributed by atoms with Crippen LogP contribution < -0.4 is 0 Å². The molecule has 0 spiro atoms. The van der Waals surface area contributed by atoms with E-state index in [-0.39, 0.29) is 16.7 Å². The molecular formula is C14H8F2O2. The van der Waals surface area contributed by atoms with Crippen molar-refractivity contribution < 1.29 is 18.7 Å². The molecule has 0 saturated carbocycles. The minimum absolute atomic E-state index is 0.0150. The van der Waals surface area contributed by atoms with E-state index in [0.717, 1.165) is 0 Å². The van der Waals surface area contributed by atoms with Crippen molar-refractivity contribution in [1.29, 1.82) is 0 Å². The summed E-state index contributed by atoms with van der Waals surface area (Å²) in [5, 5.41) is 8.91. The van der Waals surface area contributed by atoms with Crippen LogP contribution in [0.5, 0.6) is 0 Å². The summed E-state index contributed by atoms with van der Waals surface area (Å²) in [6.45, 7) is 0. The quantitative estimate of drug-likeness (QED) is 0.836. The normalized spacial score (nSPS) is 15.0. The molecule has 90 valence electrons. The van der Waals surface area contributed by atoms with Crippen LogP contribution in [0.3, 0.4) is 0 Å². The third kappa shape index (κ3) is 1.29. The summed E-state index contributed by atoms with van der Waals surface area (Å²) in [7, 11) is 0. The van der Waals surface area contributed by atoms with Gasteiger partial charge in [0.1, 0.15) is 0 Å². The molecule has 0 unspecified atom stereocenters. The Hall–Kier alpha value is -2.23. The van der Waals surface area contributed by atoms with Crippen molar-refractivity contribution in [3.05, 3.63) is 59.2 Å². The van der Waals surface area contributed by atoms with Gasteiger partial charge in [-0.1, -0.05) is 30.3 Å². The summed E-state index contributed by atoms with van der Waals surface area (Å²) in [6.07, 6.45) is 0. The molecule has 0 atom stereocenters. The van der Waals surface area contributed by atoms with Crippen molar-refractivity contribution in [3.63, 3.8) is 0 Å². The van der Waals surface area contributed by atoms with E-state index in [9.17, 15) is 13.6 Å². The second-order valence-corrected chi connectivity index (χ2v) is 4.19.